The van der Waals surface area contributed by atoms with Gasteiger partial charge in [0.25, 0.3) is 0 Å². The molecular weight excluding hydrogens is 267 g/mol. The smallest absolute Gasteiger partial charge is 0.221 e. The zero-order valence-corrected chi connectivity index (χ0v) is 12.3. The van der Waals surface area contributed by atoms with Gasteiger partial charge in [-0.15, -0.1) is 0 Å². The van der Waals surface area contributed by atoms with Crippen molar-refractivity contribution in [3.8, 4) is 0 Å². The van der Waals surface area contributed by atoms with Crippen LogP contribution in [0.3, 0.4) is 0 Å². The van der Waals surface area contributed by atoms with Crippen LogP contribution in [0.1, 0.15) is 44.1 Å². The topological polar surface area (TPSA) is 41.1 Å². The quantitative estimate of drug-likeness (QED) is 0.875. The van der Waals surface area contributed by atoms with Crippen molar-refractivity contribution in [3.63, 3.8) is 0 Å². The number of benzene rings is 1. The second kappa shape index (κ2) is 6.14. The van der Waals surface area contributed by atoms with Crippen molar-refractivity contribution in [2.45, 2.75) is 50.0 Å². The van der Waals surface area contributed by atoms with Crippen molar-refractivity contribution in [2.75, 3.05) is 13.1 Å². The zero-order valence-electron chi connectivity index (χ0n) is 12.3. The summed E-state index contributed by atoms with van der Waals surface area (Å²) in [5.41, 5.74) is 1.17. The summed E-state index contributed by atoms with van der Waals surface area (Å²) >= 11 is 0. The molecule has 1 atom stereocenters. The highest BCUT2D eigenvalue weighted by Crippen LogP contribution is 2.43. The van der Waals surface area contributed by atoms with Gasteiger partial charge >= 0.3 is 0 Å². The number of carbonyl (C=O) groups excluding carboxylic acids is 1. The monoisotopic (exact) mass is 290 g/mol. The molecule has 1 aliphatic carbocycles. The lowest BCUT2D eigenvalue weighted by Crippen LogP contribution is -2.46. The van der Waals surface area contributed by atoms with Crippen molar-refractivity contribution in [2.24, 2.45) is 0 Å². The molecule has 1 aromatic rings. The molecule has 2 aliphatic rings. The summed E-state index contributed by atoms with van der Waals surface area (Å²) < 4.78 is 13.1. The molecule has 1 unspecified atom stereocenters. The molecule has 114 valence electrons. The van der Waals surface area contributed by atoms with Crippen LogP contribution in [-0.4, -0.2) is 25.0 Å². The lowest BCUT2D eigenvalue weighted by molar-refractivity contribution is -0.122. The van der Waals surface area contributed by atoms with Gasteiger partial charge in [0, 0.05) is 24.4 Å². The number of nitrogens with one attached hydrogen (secondary N) is 2. The number of halogens is 1. The lowest BCUT2D eigenvalue weighted by Gasteiger charge is -2.42. The summed E-state index contributed by atoms with van der Waals surface area (Å²) in [4.78, 5) is 12.1. The summed E-state index contributed by atoms with van der Waals surface area (Å²) in [6, 6.07) is 7.09. The molecule has 0 bridgehead atoms. The molecule has 2 fully saturated rings. The molecule has 3 nitrogen and oxygen atoms in total. The van der Waals surface area contributed by atoms with Crippen LogP contribution in [0.2, 0.25) is 0 Å². The van der Waals surface area contributed by atoms with Crippen LogP contribution in [0, 0.1) is 5.82 Å². The Morgan fingerprint density at radius 3 is 2.62 bits per heavy atom. The number of rotatable bonds is 5. The third-order valence-corrected chi connectivity index (χ3v) is 4.99. The maximum absolute atomic E-state index is 13.1. The molecule has 1 heterocycles. The highest BCUT2D eigenvalue weighted by Gasteiger charge is 2.38. The van der Waals surface area contributed by atoms with Crippen molar-refractivity contribution in [3.05, 3.63) is 35.6 Å². The molecule has 1 saturated carbocycles. The summed E-state index contributed by atoms with van der Waals surface area (Å²) in [5.74, 6) is -0.0765. The molecule has 1 amide bonds. The number of carbonyl (C=O) groups is 1. The normalized spacial score (nSPS) is 23.6. The van der Waals surface area contributed by atoms with E-state index >= 15 is 0 Å². The van der Waals surface area contributed by atoms with Gasteiger partial charge in [0.2, 0.25) is 5.91 Å². The van der Waals surface area contributed by atoms with E-state index in [1.165, 1.54) is 18.6 Å². The fraction of sp³-hybridized carbons (Fsp3) is 0.588. The molecule has 0 spiro atoms. The molecular formula is C17H23FN2O. The highest BCUT2D eigenvalue weighted by molar-refractivity contribution is 5.76. The number of hydrogen-bond acceptors (Lipinski definition) is 2. The van der Waals surface area contributed by atoms with Gasteiger partial charge in [-0.05, 0) is 49.9 Å². The molecule has 2 N–H and O–H groups in total. The predicted octanol–water partition coefficient (Wildman–Crippen LogP) is 2.51. The third kappa shape index (κ3) is 3.26. The van der Waals surface area contributed by atoms with E-state index in [0.717, 1.165) is 37.8 Å². The third-order valence-electron chi connectivity index (χ3n) is 4.99. The summed E-state index contributed by atoms with van der Waals surface area (Å²) in [5, 5.41) is 6.44. The number of hydrogen-bond donors (Lipinski definition) is 2. The fourth-order valence-corrected chi connectivity index (χ4v) is 3.47. The minimum absolute atomic E-state index is 0.0203. The first-order valence-electron chi connectivity index (χ1n) is 7.94. The Morgan fingerprint density at radius 2 is 2.05 bits per heavy atom. The van der Waals surface area contributed by atoms with Crippen LogP contribution in [0.25, 0.3) is 0 Å². The second-order valence-corrected chi connectivity index (χ2v) is 6.41. The molecule has 1 aliphatic heterocycles. The molecule has 0 radical (unpaired) electrons. The first-order chi connectivity index (χ1) is 10.2. The predicted molar refractivity (Wildman–Crippen MR) is 80.6 cm³/mol. The van der Waals surface area contributed by atoms with Crippen LogP contribution < -0.4 is 10.6 Å². The zero-order chi connectivity index (χ0) is 14.7. The van der Waals surface area contributed by atoms with Crippen molar-refractivity contribution in [1.29, 1.82) is 0 Å². The largest absolute Gasteiger partial charge is 0.355 e. The summed E-state index contributed by atoms with van der Waals surface area (Å²) in [7, 11) is 0. The van der Waals surface area contributed by atoms with Crippen LogP contribution in [0.5, 0.6) is 0 Å². The summed E-state index contributed by atoms with van der Waals surface area (Å²) in [6.45, 7) is 1.70. The van der Waals surface area contributed by atoms with Gasteiger partial charge < -0.3 is 10.6 Å². The van der Waals surface area contributed by atoms with E-state index in [1.807, 2.05) is 12.1 Å². The van der Waals surface area contributed by atoms with Gasteiger partial charge in [0.1, 0.15) is 5.82 Å². The highest BCUT2D eigenvalue weighted by atomic mass is 19.1. The first kappa shape index (κ1) is 14.5. The van der Waals surface area contributed by atoms with Gasteiger partial charge in [0.05, 0.1) is 0 Å². The Hall–Kier alpha value is -1.42. The maximum Gasteiger partial charge on any atom is 0.221 e. The van der Waals surface area contributed by atoms with Crippen LogP contribution in [0.15, 0.2) is 24.3 Å². The van der Waals surface area contributed by atoms with Crippen LogP contribution >= 0.6 is 0 Å². The van der Waals surface area contributed by atoms with Gasteiger partial charge in [-0.2, -0.15) is 0 Å². The van der Waals surface area contributed by atoms with E-state index in [1.54, 1.807) is 0 Å². The Morgan fingerprint density at radius 1 is 1.29 bits per heavy atom. The van der Waals surface area contributed by atoms with Crippen LogP contribution in [-0.2, 0) is 10.2 Å². The van der Waals surface area contributed by atoms with Crippen molar-refractivity contribution in [1.82, 2.24) is 10.6 Å². The Balaban J connectivity index is 1.56. The van der Waals surface area contributed by atoms with E-state index in [4.69, 9.17) is 0 Å². The average Bonchev–Trinajstić information content (AvgIpc) is 2.92. The van der Waals surface area contributed by atoms with E-state index in [-0.39, 0.29) is 17.1 Å². The number of amides is 1. The van der Waals surface area contributed by atoms with Crippen molar-refractivity contribution < 1.29 is 9.18 Å². The Bertz CT molecular complexity index is 490. The maximum atomic E-state index is 13.1. The molecule has 4 heteroatoms. The standard InChI is InChI=1S/C17H23FN2O/c18-14-6-4-13(5-7-14)17(8-2-9-17)12-20-16(21)11-15-3-1-10-19-15/h4-7,15,19H,1-3,8-12H2,(H,20,21). The van der Waals surface area contributed by atoms with E-state index in [9.17, 15) is 9.18 Å². The van der Waals surface area contributed by atoms with Gasteiger partial charge in [-0.3, -0.25) is 4.79 Å². The molecule has 1 aromatic carbocycles. The Kier molecular flexibility index (Phi) is 4.24. The van der Waals surface area contributed by atoms with Gasteiger partial charge in [0.15, 0.2) is 0 Å². The van der Waals surface area contributed by atoms with Crippen LogP contribution in [0.4, 0.5) is 4.39 Å². The molecule has 21 heavy (non-hydrogen) atoms. The van der Waals surface area contributed by atoms with E-state index < -0.39 is 0 Å². The minimum atomic E-state index is -0.204. The van der Waals surface area contributed by atoms with E-state index in [2.05, 4.69) is 10.6 Å². The first-order valence-corrected chi connectivity index (χ1v) is 7.94. The Labute approximate surface area is 125 Å². The van der Waals surface area contributed by atoms with Gasteiger partial charge in [-0.1, -0.05) is 18.6 Å². The SMILES string of the molecule is O=C(CC1CCCN1)NCC1(c2ccc(F)cc2)CCC1. The molecule has 3 rings (SSSR count). The van der Waals surface area contributed by atoms with E-state index in [0.29, 0.717) is 19.0 Å². The van der Waals surface area contributed by atoms with Gasteiger partial charge in [-0.25, -0.2) is 4.39 Å². The lowest BCUT2D eigenvalue weighted by atomic mass is 9.64. The second-order valence-electron chi connectivity index (χ2n) is 6.41. The minimum Gasteiger partial charge on any atom is -0.355 e. The fourth-order valence-electron chi connectivity index (χ4n) is 3.47. The average molecular weight is 290 g/mol. The summed E-state index contributed by atoms with van der Waals surface area (Å²) in [6.07, 6.45) is 6.14. The van der Waals surface area contributed by atoms with Crippen molar-refractivity contribution >= 4 is 5.91 Å². The molecule has 1 saturated heterocycles. The molecule has 0 aromatic heterocycles.